The van der Waals surface area contributed by atoms with Gasteiger partial charge in [0.05, 0.1) is 23.8 Å². The lowest BCUT2D eigenvalue weighted by atomic mass is 10.0. The Hall–Kier alpha value is -3.57. The molecule has 1 heterocycles. The Morgan fingerprint density at radius 2 is 1.48 bits per heavy atom. The highest BCUT2D eigenvalue weighted by Crippen LogP contribution is 2.53. The van der Waals surface area contributed by atoms with Gasteiger partial charge in [-0.15, -0.1) is 0 Å². The Bertz CT molecular complexity index is 1500. The second-order valence-electron chi connectivity index (χ2n) is 8.00. The summed E-state index contributed by atoms with van der Waals surface area (Å²) in [6.45, 7) is 1.04. The van der Waals surface area contributed by atoms with Crippen LogP contribution in [-0.2, 0) is 15.3 Å². The number of ether oxygens (including phenoxy) is 2. The molecule has 0 aromatic heterocycles. The average Bonchev–Trinajstić information content (AvgIpc) is 3.45. The molecule has 0 radical (unpaired) electrons. The van der Waals surface area contributed by atoms with Gasteiger partial charge in [-0.3, -0.25) is 0 Å². The van der Waals surface area contributed by atoms with E-state index in [1.54, 1.807) is 0 Å². The molecule has 3 heteroatoms. The van der Waals surface area contributed by atoms with E-state index in [9.17, 15) is 0 Å². The topological polar surface area (TPSA) is 18.5 Å². The van der Waals surface area contributed by atoms with Crippen molar-refractivity contribution in [3.05, 3.63) is 125 Å². The zero-order chi connectivity index (χ0) is 22.3. The van der Waals surface area contributed by atoms with Crippen LogP contribution in [0.25, 0.3) is 21.4 Å². The SMILES string of the molecule is ClC(=C=C1c2cccc3cccc(c23)C12OCCO2)c1ccccc1C#Cc1ccccc1. The van der Waals surface area contributed by atoms with Crippen molar-refractivity contribution >= 4 is 33.0 Å². The van der Waals surface area contributed by atoms with Gasteiger partial charge in [-0.25, -0.2) is 0 Å². The van der Waals surface area contributed by atoms with Crippen LogP contribution in [0.3, 0.4) is 0 Å². The van der Waals surface area contributed by atoms with E-state index in [1.165, 1.54) is 0 Å². The van der Waals surface area contributed by atoms with Crippen LogP contribution in [0.15, 0.2) is 96.7 Å². The maximum absolute atomic E-state index is 6.92. The predicted octanol–water partition coefficient (Wildman–Crippen LogP) is 6.72. The van der Waals surface area contributed by atoms with Crippen molar-refractivity contribution < 1.29 is 9.47 Å². The lowest BCUT2D eigenvalue weighted by molar-refractivity contribution is -0.110. The molecular weight excluding hydrogens is 428 g/mol. The fourth-order valence-electron chi connectivity index (χ4n) is 4.62. The first kappa shape index (κ1) is 20.1. The van der Waals surface area contributed by atoms with Gasteiger partial charge in [0.2, 0.25) is 5.79 Å². The molecule has 0 amide bonds. The quantitative estimate of drug-likeness (QED) is 0.239. The molecule has 4 aromatic carbocycles. The maximum atomic E-state index is 6.92. The average molecular weight is 447 g/mol. The minimum atomic E-state index is -0.978. The first-order valence-corrected chi connectivity index (χ1v) is 11.3. The molecule has 33 heavy (non-hydrogen) atoms. The number of benzene rings is 4. The van der Waals surface area contributed by atoms with E-state index in [-0.39, 0.29) is 0 Å². The van der Waals surface area contributed by atoms with Crippen molar-refractivity contribution in [3.8, 4) is 11.8 Å². The summed E-state index contributed by atoms with van der Waals surface area (Å²) in [5.74, 6) is 5.51. The molecule has 2 aliphatic rings. The largest absolute Gasteiger partial charge is 0.339 e. The minimum Gasteiger partial charge on any atom is -0.339 e. The molecule has 6 rings (SSSR count). The van der Waals surface area contributed by atoms with Crippen LogP contribution in [0.4, 0.5) is 0 Å². The van der Waals surface area contributed by atoms with E-state index in [0.29, 0.717) is 18.2 Å². The molecule has 158 valence electrons. The smallest absolute Gasteiger partial charge is 0.231 e. The Morgan fingerprint density at radius 1 is 0.758 bits per heavy atom. The van der Waals surface area contributed by atoms with Gasteiger partial charge in [0.15, 0.2) is 0 Å². The van der Waals surface area contributed by atoms with Crippen molar-refractivity contribution in [1.29, 1.82) is 0 Å². The van der Waals surface area contributed by atoms with Gasteiger partial charge in [-0.05, 0) is 34.5 Å². The van der Waals surface area contributed by atoms with Crippen LogP contribution in [0.2, 0.25) is 0 Å². The van der Waals surface area contributed by atoms with E-state index in [4.69, 9.17) is 21.1 Å². The predicted molar refractivity (Wildman–Crippen MR) is 133 cm³/mol. The van der Waals surface area contributed by atoms with E-state index in [0.717, 1.165) is 44.2 Å². The zero-order valence-corrected chi connectivity index (χ0v) is 18.5. The monoisotopic (exact) mass is 446 g/mol. The number of hydrogen-bond donors (Lipinski definition) is 0. The molecule has 1 spiro atoms. The van der Waals surface area contributed by atoms with Gasteiger partial charge in [-0.1, -0.05) is 102 Å². The Kier molecular flexibility index (Phi) is 4.92. The standard InChI is InChI=1S/C30H19ClO2/c31-28(24-13-5-4-10-22(24)17-16-21-8-2-1-3-9-21)20-27-25-14-6-11-23-12-7-15-26(29(23)25)30(27)32-18-19-33-30/h1-15H,18-19H2. The van der Waals surface area contributed by atoms with Crippen LogP contribution >= 0.6 is 11.6 Å². The molecule has 0 saturated carbocycles. The molecule has 4 aromatic rings. The lowest BCUT2D eigenvalue weighted by Gasteiger charge is -2.24. The van der Waals surface area contributed by atoms with E-state index in [2.05, 4.69) is 41.8 Å². The third-order valence-electron chi connectivity index (χ3n) is 6.07. The van der Waals surface area contributed by atoms with Crippen LogP contribution in [0.1, 0.15) is 27.8 Å². The summed E-state index contributed by atoms with van der Waals surface area (Å²) in [4.78, 5) is 0. The van der Waals surface area contributed by atoms with Crippen molar-refractivity contribution in [2.75, 3.05) is 13.2 Å². The summed E-state index contributed by atoms with van der Waals surface area (Å²) >= 11 is 6.92. The molecule has 1 saturated heterocycles. The first-order valence-electron chi connectivity index (χ1n) is 10.9. The minimum absolute atomic E-state index is 0.478. The van der Waals surface area contributed by atoms with Crippen molar-refractivity contribution in [2.24, 2.45) is 0 Å². The second kappa shape index (κ2) is 8.09. The molecule has 1 fully saturated rings. The maximum Gasteiger partial charge on any atom is 0.231 e. The highest BCUT2D eigenvalue weighted by atomic mass is 35.5. The van der Waals surface area contributed by atoms with Crippen molar-refractivity contribution in [2.45, 2.75) is 5.79 Å². The number of hydrogen-bond acceptors (Lipinski definition) is 2. The zero-order valence-electron chi connectivity index (χ0n) is 17.8. The first-order chi connectivity index (χ1) is 16.3. The number of fused-ring (bicyclic) bond motifs is 1. The Labute approximate surface area is 197 Å². The molecule has 1 aliphatic heterocycles. The molecule has 0 N–H and O–H groups in total. The summed E-state index contributed by atoms with van der Waals surface area (Å²) < 4.78 is 12.5. The summed E-state index contributed by atoms with van der Waals surface area (Å²) in [7, 11) is 0. The third kappa shape index (κ3) is 3.31. The lowest BCUT2D eigenvalue weighted by Crippen LogP contribution is -2.24. The molecule has 0 atom stereocenters. The summed E-state index contributed by atoms with van der Waals surface area (Å²) in [6.07, 6.45) is 0. The summed E-state index contributed by atoms with van der Waals surface area (Å²) in [6, 6.07) is 30.2. The van der Waals surface area contributed by atoms with E-state index >= 15 is 0 Å². The van der Waals surface area contributed by atoms with E-state index < -0.39 is 5.79 Å². The van der Waals surface area contributed by atoms with Gasteiger partial charge in [0.25, 0.3) is 0 Å². The van der Waals surface area contributed by atoms with Crippen LogP contribution in [0, 0.1) is 11.8 Å². The van der Waals surface area contributed by atoms with E-state index in [1.807, 2.05) is 66.7 Å². The molecular formula is C30H19ClO2. The molecule has 2 nitrogen and oxygen atoms in total. The molecule has 0 bridgehead atoms. The number of halogens is 1. The summed E-state index contributed by atoms with van der Waals surface area (Å²) in [5, 5.41) is 2.75. The normalized spacial score (nSPS) is 15.4. The van der Waals surface area contributed by atoms with Crippen LogP contribution in [0.5, 0.6) is 0 Å². The number of rotatable bonds is 1. The van der Waals surface area contributed by atoms with Gasteiger partial charge in [0, 0.05) is 22.3 Å². The van der Waals surface area contributed by atoms with Gasteiger partial charge >= 0.3 is 0 Å². The van der Waals surface area contributed by atoms with Crippen LogP contribution in [-0.4, -0.2) is 13.2 Å². The van der Waals surface area contributed by atoms with Gasteiger partial charge in [0.1, 0.15) is 0 Å². The Morgan fingerprint density at radius 3 is 2.30 bits per heavy atom. The van der Waals surface area contributed by atoms with Crippen LogP contribution < -0.4 is 0 Å². The third-order valence-corrected chi connectivity index (χ3v) is 6.36. The molecule has 0 unspecified atom stereocenters. The second-order valence-corrected chi connectivity index (χ2v) is 8.38. The highest BCUT2D eigenvalue weighted by molar-refractivity contribution is 6.49. The summed E-state index contributed by atoms with van der Waals surface area (Å²) in [5.41, 5.74) is 8.93. The van der Waals surface area contributed by atoms with Gasteiger partial charge in [-0.2, -0.15) is 0 Å². The fraction of sp³-hybridized carbons (Fsp3) is 0.100. The highest BCUT2D eigenvalue weighted by Gasteiger charge is 2.49. The van der Waals surface area contributed by atoms with Crippen molar-refractivity contribution in [3.63, 3.8) is 0 Å². The van der Waals surface area contributed by atoms with Crippen molar-refractivity contribution in [1.82, 2.24) is 0 Å². The fourth-order valence-corrected chi connectivity index (χ4v) is 4.88. The molecule has 1 aliphatic carbocycles. The van der Waals surface area contributed by atoms with Gasteiger partial charge < -0.3 is 9.47 Å². The Balaban J connectivity index is 1.55.